The van der Waals surface area contributed by atoms with Crippen LogP contribution in [0.4, 0.5) is 0 Å². The Labute approximate surface area is 164 Å². The molecule has 0 radical (unpaired) electrons. The summed E-state index contributed by atoms with van der Waals surface area (Å²) in [5.74, 6) is 1.12. The standard InChI is InChI=1S/C21H24ClNO4/c1-26-17-7-3-5-15(11-17)20(24)16-6-4-8-23(13-16)12-14-9-18(22)21(25)19(10-14)27-2/h3,5,7,9-11,16,25H,4,6,8,12-13H2,1-2H3/t16-/m1/s1. The normalized spacial score (nSPS) is 17.5. The predicted molar refractivity (Wildman–Crippen MR) is 105 cm³/mol. The number of aromatic hydroxyl groups is 1. The molecule has 0 saturated carbocycles. The molecular weight excluding hydrogens is 366 g/mol. The van der Waals surface area contributed by atoms with Crippen molar-refractivity contribution in [3.05, 3.63) is 52.5 Å². The second-order valence-electron chi connectivity index (χ2n) is 6.80. The minimum Gasteiger partial charge on any atom is -0.503 e. The van der Waals surface area contributed by atoms with Gasteiger partial charge in [-0.05, 0) is 49.2 Å². The first-order valence-corrected chi connectivity index (χ1v) is 9.35. The van der Waals surface area contributed by atoms with Crippen LogP contribution in [0, 0.1) is 5.92 Å². The van der Waals surface area contributed by atoms with Crippen molar-refractivity contribution in [2.24, 2.45) is 5.92 Å². The molecule has 6 heteroatoms. The van der Waals surface area contributed by atoms with Crippen LogP contribution in [0.15, 0.2) is 36.4 Å². The minimum atomic E-state index is -0.0485. The molecule has 0 aromatic heterocycles. The summed E-state index contributed by atoms with van der Waals surface area (Å²) >= 11 is 6.09. The summed E-state index contributed by atoms with van der Waals surface area (Å²) in [6, 6.07) is 10.9. The number of Topliss-reactive ketones (excluding diaryl/α,β-unsaturated/α-hetero) is 1. The van der Waals surface area contributed by atoms with Crippen molar-refractivity contribution in [3.8, 4) is 17.2 Å². The van der Waals surface area contributed by atoms with E-state index in [-0.39, 0.29) is 22.5 Å². The summed E-state index contributed by atoms with van der Waals surface area (Å²) in [6.45, 7) is 2.26. The maximum atomic E-state index is 12.9. The monoisotopic (exact) mass is 389 g/mol. The Bertz CT molecular complexity index is 824. The summed E-state index contributed by atoms with van der Waals surface area (Å²) in [4.78, 5) is 15.2. The molecule has 0 aliphatic carbocycles. The molecule has 144 valence electrons. The van der Waals surface area contributed by atoms with Gasteiger partial charge in [0.15, 0.2) is 17.3 Å². The minimum absolute atomic E-state index is 0.0414. The molecule has 1 saturated heterocycles. The Morgan fingerprint density at radius 3 is 2.81 bits per heavy atom. The van der Waals surface area contributed by atoms with Gasteiger partial charge >= 0.3 is 0 Å². The number of nitrogens with zero attached hydrogens (tertiary/aromatic N) is 1. The number of carbonyl (C=O) groups excluding carboxylic acids is 1. The van der Waals surface area contributed by atoms with Crippen LogP contribution in [0.3, 0.4) is 0 Å². The highest BCUT2D eigenvalue weighted by atomic mass is 35.5. The van der Waals surface area contributed by atoms with Gasteiger partial charge in [0.1, 0.15) is 5.75 Å². The fraction of sp³-hybridized carbons (Fsp3) is 0.381. The third-order valence-corrected chi connectivity index (χ3v) is 5.23. The molecular formula is C21H24ClNO4. The highest BCUT2D eigenvalue weighted by molar-refractivity contribution is 6.32. The van der Waals surface area contributed by atoms with Crippen molar-refractivity contribution < 1.29 is 19.4 Å². The Balaban J connectivity index is 1.71. The average molecular weight is 390 g/mol. The fourth-order valence-electron chi connectivity index (χ4n) is 3.56. The number of ketones is 1. The van der Waals surface area contributed by atoms with E-state index in [0.717, 1.165) is 24.9 Å². The number of ether oxygens (including phenoxy) is 2. The molecule has 1 heterocycles. The van der Waals surface area contributed by atoms with Gasteiger partial charge in [-0.15, -0.1) is 0 Å². The van der Waals surface area contributed by atoms with Gasteiger partial charge in [0.25, 0.3) is 0 Å². The fourth-order valence-corrected chi connectivity index (χ4v) is 3.79. The van der Waals surface area contributed by atoms with Gasteiger partial charge in [0.2, 0.25) is 0 Å². The van der Waals surface area contributed by atoms with E-state index in [9.17, 15) is 9.90 Å². The number of halogens is 1. The Kier molecular flexibility index (Phi) is 6.24. The number of likely N-dealkylation sites (tertiary alicyclic amines) is 1. The van der Waals surface area contributed by atoms with Crippen LogP contribution in [0.25, 0.3) is 0 Å². The second kappa shape index (κ2) is 8.63. The molecule has 1 fully saturated rings. The molecule has 1 aliphatic rings. The lowest BCUT2D eigenvalue weighted by molar-refractivity contribution is 0.0811. The number of rotatable bonds is 6. The zero-order valence-corrected chi connectivity index (χ0v) is 16.3. The van der Waals surface area contributed by atoms with Crippen LogP contribution in [0.2, 0.25) is 5.02 Å². The summed E-state index contributed by atoms with van der Waals surface area (Å²) in [6.07, 6.45) is 1.84. The lowest BCUT2D eigenvalue weighted by Crippen LogP contribution is -2.38. The molecule has 3 rings (SSSR count). The zero-order valence-electron chi connectivity index (χ0n) is 15.6. The molecule has 0 unspecified atom stereocenters. The van der Waals surface area contributed by atoms with Gasteiger partial charge in [-0.25, -0.2) is 0 Å². The van der Waals surface area contributed by atoms with E-state index < -0.39 is 0 Å². The first-order valence-electron chi connectivity index (χ1n) is 8.97. The van der Waals surface area contributed by atoms with Crippen molar-refractivity contribution in [2.45, 2.75) is 19.4 Å². The first-order chi connectivity index (χ1) is 13.0. The largest absolute Gasteiger partial charge is 0.503 e. The van der Waals surface area contributed by atoms with Gasteiger partial charge in [0, 0.05) is 24.6 Å². The van der Waals surface area contributed by atoms with Gasteiger partial charge in [-0.2, -0.15) is 0 Å². The van der Waals surface area contributed by atoms with E-state index in [1.807, 2.05) is 18.2 Å². The SMILES string of the molecule is COc1cccc(C(=O)[C@@H]2CCCN(Cc3cc(Cl)c(O)c(OC)c3)C2)c1. The summed E-state index contributed by atoms with van der Waals surface area (Å²) in [5.41, 5.74) is 1.64. The number of methoxy groups -OCH3 is 2. The molecule has 2 aromatic carbocycles. The Hall–Kier alpha value is -2.24. The van der Waals surface area contributed by atoms with Crippen molar-refractivity contribution in [1.82, 2.24) is 4.90 Å². The molecule has 2 aromatic rings. The average Bonchev–Trinajstić information content (AvgIpc) is 2.70. The number of piperidine rings is 1. The van der Waals surface area contributed by atoms with E-state index >= 15 is 0 Å². The quantitative estimate of drug-likeness (QED) is 0.752. The van der Waals surface area contributed by atoms with E-state index in [1.165, 1.54) is 7.11 Å². The van der Waals surface area contributed by atoms with E-state index in [2.05, 4.69) is 4.90 Å². The third-order valence-electron chi connectivity index (χ3n) is 4.94. The molecule has 0 spiro atoms. The summed E-state index contributed by atoms with van der Waals surface area (Å²) in [7, 11) is 3.10. The highest BCUT2D eigenvalue weighted by Gasteiger charge is 2.27. The summed E-state index contributed by atoms with van der Waals surface area (Å²) < 4.78 is 10.4. The van der Waals surface area contributed by atoms with E-state index in [1.54, 1.807) is 25.3 Å². The van der Waals surface area contributed by atoms with Crippen LogP contribution in [0.5, 0.6) is 17.2 Å². The first kappa shape index (κ1) is 19.5. The number of phenolic OH excluding ortho intramolecular Hbond substituents is 1. The predicted octanol–water partition coefficient (Wildman–Crippen LogP) is 4.16. The van der Waals surface area contributed by atoms with Gasteiger partial charge in [0.05, 0.1) is 19.2 Å². The highest BCUT2D eigenvalue weighted by Crippen LogP contribution is 2.35. The molecule has 27 heavy (non-hydrogen) atoms. The van der Waals surface area contributed by atoms with Crippen molar-refractivity contribution in [2.75, 3.05) is 27.3 Å². The smallest absolute Gasteiger partial charge is 0.176 e. The topological polar surface area (TPSA) is 59.0 Å². The number of carbonyl (C=O) groups is 1. The Morgan fingerprint density at radius 1 is 1.26 bits per heavy atom. The van der Waals surface area contributed by atoms with Crippen LogP contribution in [-0.2, 0) is 6.54 Å². The van der Waals surface area contributed by atoms with Crippen molar-refractivity contribution in [3.63, 3.8) is 0 Å². The number of hydrogen-bond donors (Lipinski definition) is 1. The van der Waals surface area contributed by atoms with Crippen LogP contribution >= 0.6 is 11.6 Å². The third kappa shape index (κ3) is 4.54. The second-order valence-corrected chi connectivity index (χ2v) is 7.21. The van der Waals surface area contributed by atoms with Crippen LogP contribution in [0.1, 0.15) is 28.8 Å². The lowest BCUT2D eigenvalue weighted by Gasteiger charge is -2.32. The molecule has 0 bridgehead atoms. The Morgan fingerprint density at radius 2 is 2.07 bits per heavy atom. The lowest BCUT2D eigenvalue weighted by atomic mass is 9.89. The molecule has 1 atom stereocenters. The maximum Gasteiger partial charge on any atom is 0.176 e. The van der Waals surface area contributed by atoms with E-state index in [4.69, 9.17) is 21.1 Å². The van der Waals surface area contributed by atoms with Crippen LogP contribution in [-0.4, -0.2) is 43.1 Å². The number of hydrogen-bond acceptors (Lipinski definition) is 5. The number of phenols is 1. The maximum absolute atomic E-state index is 12.9. The van der Waals surface area contributed by atoms with Crippen molar-refractivity contribution >= 4 is 17.4 Å². The van der Waals surface area contributed by atoms with Crippen molar-refractivity contribution in [1.29, 1.82) is 0 Å². The molecule has 0 amide bonds. The molecule has 1 N–H and O–H groups in total. The van der Waals surface area contributed by atoms with Crippen LogP contribution < -0.4 is 9.47 Å². The number of benzene rings is 2. The molecule has 5 nitrogen and oxygen atoms in total. The summed E-state index contributed by atoms with van der Waals surface area (Å²) in [5, 5.41) is 10.2. The van der Waals surface area contributed by atoms with Gasteiger partial charge in [-0.3, -0.25) is 9.69 Å². The molecule has 1 aliphatic heterocycles. The van der Waals surface area contributed by atoms with Gasteiger partial charge in [-0.1, -0.05) is 23.7 Å². The zero-order chi connectivity index (χ0) is 19.4. The van der Waals surface area contributed by atoms with E-state index in [0.29, 0.717) is 30.2 Å². The van der Waals surface area contributed by atoms with Gasteiger partial charge < -0.3 is 14.6 Å².